The van der Waals surface area contributed by atoms with Gasteiger partial charge in [-0.15, -0.1) is 10.2 Å². The number of rotatable bonds is 12. The summed E-state index contributed by atoms with van der Waals surface area (Å²) in [5.41, 5.74) is 4.99. The summed E-state index contributed by atoms with van der Waals surface area (Å²) in [4.78, 5) is 12.4. The molecule has 0 saturated heterocycles. The summed E-state index contributed by atoms with van der Waals surface area (Å²) in [5, 5.41) is 16.1. The number of anilines is 2. The average molecular weight is 552 g/mol. The number of thioether (sulfide) groups is 1. The molecule has 4 rings (SSSR count). The maximum atomic E-state index is 12.4. The van der Waals surface area contributed by atoms with Crippen LogP contribution in [0.4, 0.5) is 11.6 Å². The van der Waals surface area contributed by atoms with Crippen molar-refractivity contribution in [3.05, 3.63) is 88.9 Å². The lowest BCUT2D eigenvalue weighted by Crippen LogP contribution is -2.17. The Labute approximate surface area is 229 Å². The maximum Gasteiger partial charge on any atom is 0.264 e. The van der Waals surface area contributed by atoms with Crippen LogP contribution in [0.25, 0.3) is 0 Å². The van der Waals surface area contributed by atoms with Crippen molar-refractivity contribution in [3.8, 4) is 11.5 Å². The molecule has 0 aliphatic heterocycles. The minimum absolute atomic E-state index is 0.0786. The van der Waals surface area contributed by atoms with Gasteiger partial charge >= 0.3 is 0 Å². The van der Waals surface area contributed by atoms with Crippen molar-refractivity contribution >= 4 is 47.1 Å². The molecule has 4 N–H and O–H groups in total. The number of nitrogens with zero attached hydrogens (tertiary/aromatic N) is 4. The highest BCUT2D eigenvalue weighted by molar-refractivity contribution is 7.99. The van der Waals surface area contributed by atoms with Gasteiger partial charge in [0.05, 0.1) is 24.3 Å². The Morgan fingerprint density at radius 1 is 1.05 bits per heavy atom. The summed E-state index contributed by atoms with van der Waals surface area (Å²) in [6, 6.07) is 22.2. The van der Waals surface area contributed by atoms with Crippen molar-refractivity contribution < 1.29 is 14.3 Å². The first kappa shape index (κ1) is 26.8. The quantitative estimate of drug-likeness (QED) is 0.0991. The second-order valence-corrected chi connectivity index (χ2v) is 9.08. The molecule has 0 saturated carbocycles. The van der Waals surface area contributed by atoms with Crippen LogP contribution in [0, 0.1) is 0 Å². The predicted octanol–water partition coefficient (Wildman–Crippen LogP) is 4.80. The van der Waals surface area contributed by atoms with Crippen LogP contribution >= 0.6 is 23.4 Å². The van der Waals surface area contributed by atoms with Gasteiger partial charge in [0.2, 0.25) is 11.1 Å². The van der Waals surface area contributed by atoms with Gasteiger partial charge in [-0.2, -0.15) is 5.10 Å². The third-order valence-corrected chi connectivity index (χ3v) is 6.40. The maximum absolute atomic E-state index is 12.4. The molecular weight excluding hydrogens is 526 g/mol. The molecule has 0 unspecified atom stereocenters. The smallest absolute Gasteiger partial charge is 0.264 e. The molecule has 10 nitrogen and oxygen atoms in total. The molecule has 38 heavy (non-hydrogen) atoms. The highest BCUT2D eigenvalue weighted by Crippen LogP contribution is 2.25. The van der Waals surface area contributed by atoms with Gasteiger partial charge in [0.1, 0.15) is 18.1 Å². The molecule has 0 radical (unpaired) electrons. The summed E-state index contributed by atoms with van der Waals surface area (Å²) in [5.74, 6) is 7.39. The van der Waals surface area contributed by atoms with Crippen LogP contribution < -0.4 is 26.1 Å². The fraction of sp³-hybridized carbons (Fsp3) is 0.154. The van der Waals surface area contributed by atoms with E-state index in [0.717, 1.165) is 22.9 Å². The van der Waals surface area contributed by atoms with Gasteiger partial charge < -0.3 is 20.6 Å². The number of halogens is 1. The van der Waals surface area contributed by atoms with E-state index in [2.05, 4.69) is 26.0 Å². The Bertz CT molecular complexity index is 1410. The standard InChI is InChI=1S/C26H26ClN7O3S/c1-2-36-23-14-8-6-12-21(23)30-24(35)17-38-26-33-32-25(34(26)28)31-29-15-18-9-4-7-13-22(18)37-16-19-10-3-5-11-20(19)27/h3-15H,2,16-17,28H2,1H3,(H,30,35)(H,31,32)/b29-15+. The summed E-state index contributed by atoms with van der Waals surface area (Å²) < 4.78 is 12.7. The number of nitrogen functional groups attached to an aromatic ring is 1. The number of carbonyl (C=O) groups excluding carboxylic acids is 1. The van der Waals surface area contributed by atoms with Gasteiger partial charge in [0, 0.05) is 16.1 Å². The molecule has 12 heteroatoms. The average Bonchev–Trinajstić information content (AvgIpc) is 3.28. The molecule has 4 aromatic rings. The Hall–Kier alpha value is -4.22. The predicted molar refractivity (Wildman–Crippen MR) is 151 cm³/mol. The van der Waals surface area contributed by atoms with E-state index in [1.807, 2.05) is 67.6 Å². The number of para-hydroxylation sites is 3. The number of aromatic nitrogens is 3. The van der Waals surface area contributed by atoms with Crippen molar-refractivity contribution in [1.29, 1.82) is 0 Å². The van der Waals surface area contributed by atoms with Gasteiger partial charge in [0.25, 0.3) is 5.95 Å². The third kappa shape index (κ3) is 7.17. The van der Waals surface area contributed by atoms with Crippen molar-refractivity contribution in [2.75, 3.05) is 28.9 Å². The molecule has 3 aromatic carbocycles. The third-order valence-electron chi connectivity index (χ3n) is 5.09. The number of amides is 1. The fourth-order valence-electron chi connectivity index (χ4n) is 3.27. The zero-order chi connectivity index (χ0) is 26.7. The molecule has 196 valence electrons. The van der Waals surface area contributed by atoms with Crippen LogP contribution in [0.2, 0.25) is 5.02 Å². The number of ether oxygens (including phenoxy) is 2. The largest absolute Gasteiger partial charge is 0.492 e. The molecular formula is C26H26ClN7O3S. The number of hydrogen-bond donors (Lipinski definition) is 3. The number of nitrogens with two attached hydrogens (primary N) is 1. The van der Waals surface area contributed by atoms with Crippen LogP contribution in [-0.2, 0) is 11.4 Å². The lowest BCUT2D eigenvalue weighted by atomic mass is 10.2. The van der Waals surface area contributed by atoms with Crippen molar-refractivity contribution in [1.82, 2.24) is 14.9 Å². The minimum atomic E-state index is -0.230. The van der Waals surface area contributed by atoms with E-state index in [4.69, 9.17) is 26.9 Å². The molecule has 0 fully saturated rings. The molecule has 0 aliphatic carbocycles. The van der Waals surface area contributed by atoms with Crippen LogP contribution in [0.15, 0.2) is 83.1 Å². The first-order chi connectivity index (χ1) is 18.5. The van der Waals surface area contributed by atoms with Crippen LogP contribution in [0.1, 0.15) is 18.1 Å². The summed E-state index contributed by atoms with van der Waals surface area (Å²) in [6.45, 7) is 2.70. The minimum Gasteiger partial charge on any atom is -0.492 e. The topological polar surface area (TPSA) is 129 Å². The summed E-state index contributed by atoms with van der Waals surface area (Å²) >= 11 is 7.36. The Balaban J connectivity index is 1.32. The Kier molecular flexibility index (Phi) is 9.43. The normalized spacial score (nSPS) is 10.9. The van der Waals surface area contributed by atoms with Crippen LogP contribution in [0.5, 0.6) is 11.5 Å². The molecule has 0 spiro atoms. The molecule has 0 aliphatic rings. The highest BCUT2D eigenvalue weighted by Gasteiger charge is 2.13. The van der Waals surface area contributed by atoms with E-state index in [9.17, 15) is 4.79 Å². The van der Waals surface area contributed by atoms with E-state index in [1.165, 1.54) is 4.68 Å². The second kappa shape index (κ2) is 13.4. The van der Waals surface area contributed by atoms with Gasteiger partial charge in [-0.05, 0) is 37.3 Å². The zero-order valence-corrected chi connectivity index (χ0v) is 22.1. The van der Waals surface area contributed by atoms with Crippen LogP contribution in [0.3, 0.4) is 0 Å². The summed E-state index contributed by atoms with van der Waals surface area (Å²) in [7, 11) is 0. The van der Waals surface area contributed by atoms with Gasteiger partial charge in [-0.3, -0.25) is 4.79 Å². The van der Waals surface area contributed by atoms with Crippen LogP contribution in [-0.4, -0.2) is 39.4 Å². The fourth-order valence-corrected chi connectivity index (χ4v) is 4.12. The van der Waals surface area contributed by atoms with Gasteiger partial charge in [-0.1, -0.05) is 65.8 Å². The highest BCUT2D eigenvalue weighted by atomic mass is 35.5. The Morgan fingerprint density at radius 2 is 1.79 bits per heavy atom. The molecule has 1 amide bonds. The molecule has 0 bridgehead atoms. The number of hydrazone groups is 1. The monoisotopic (exact) mass is 551 g/mol. The number of hydrogen-bond acceptors (Lipinski definition) is 9. The summed E-state index contributed by atoms with van der Waals surface area (Å²) in [6.07, 6.45) is 1.59. The van der Waals surface area contributed by atoms with Crippen molar-refractivity contribution in [2.24, 2.45) is 5.10 Å². The molecule has 0 atom stereocenters. The zero-order valence-electron chi connectivity index (χ0n) is 20.5. The SMILES string of the molecule is CCOc1ccccc1NC(=O)CSc1nnc(N/N=C/c2ccccc2OCc2ccccc2Cl)n1N. The Morgan fingerprint density at radius 3 is 2.61 bits per heavy atom. The first-order valence-corrected chi connectivity index (χ1v) is 13.0. The molecule has 1 aromatic heterocycles. The second-order valence-electron chi connectivity index (χ2n) is 7.73. The van der Waals surface area contributed by atoms with E-state index >= 15 is 0 Å². The van der Waals surface area contributed by atoms with Gasteiger partial charge in [0.15, 0.2) is 0 Å². The van der Waals surface area contributed by atoms with E-state index < -0.39 is 0 Å². The number of benzene rings is 3. The van der Waals surface area contributed by atoms with Crippen molar-refractivity contribution in [2.45, 2.75) is 18.7 Å². The first-order valence-electron chi connectivity index (χ1n) is 11.6. The van der Waals surface area contributed by atoms with Gasteiger partial charge in [-0.25, -0.2) is 10.1 Å². The number of carbonyl (C=O) groups is 1. The van der Waals surface area contributed by atoms with E-state index in [0.29, 0.717) is 40.6 Å². The lowest BCUT2D eigenvalue weighted by molar-refractivity contribution is -0.113. The van der Waals surface area contributed by atoms with E-state index in [1.54, 1.807) is 18.3 Å². The van der Waals surface area contributed by atoms with Crippen molar-refractivity contribution in [3.63, 3.8) is 0 Å². The van der Waals surface area contributed by atoms with E-state index in [-0.39, 0.29) is 17.6 Å². The lowest BCUT2D eigenvalue weighted by Gasteiger charge is -2.11. The number of nitrogens with one attached hydrogen (secondary N) is 2. The molecule has 1 heterocycles.